The van der Waals surface area contributed by atoms with Crippen molar-refractivity contribution in [1.29, 1.82) is 0 Å². The molecule has 1 heterocycles. The minimum absolute atomic E-state index is 0.224. The standard InChI is InChI=1S/C21H29NO7/c1-7-27-18(25)21(5,6)28-14-9-8-13-10-11-22(19(26)29-20(2,3)4)16(17(23)24)15(13)12-14/h8-9,12,16H,7,10-11H2,1-6H3,(H,23,24). The second kappa shape index (κ2) is 8.31. The van der Waals surface area contributed by atoms with Gasteiger partial charge in [-0.3, -0.25) is 4.90 Å². The van der Waals surface area contributed by atoms with Crippen molar-refractivity contribution in [3.05, 3.63) is 29.3 Å². The lowest BCUT2D eigenvalue weighted by Gasteiger charge is -2.36. The number of carbonyl (C=O) groups excluding carboxylic acids is 2. The van der Waals surface area contributed by atoms with Gasteiger partial charge in [-0.2, -0.15) is 0 Å². The molecule has 2 rings (SSSR count). The number of aliphatic carboxylic acids is 1. The van der Waals surface area contributed by atoms with Crippen LogP contribution in [0.1, 0.15) is 58.7 Å². The predicted octanol–water partition coefficient (Wildman–Crippen LogP) is 3.33. The summed E-state index contributed by atoms with van der Waals surface area (Å²) in [7, 11) is 0. The first kappa shape index (κ1) is 22.5. The Morgan fingerprint density at radius 3 is 2.38 bits per heavy atom. The third-order valence-corrected chi connectivity index (χ3v) is 4.35. The Kier molecular flexibility index (Phi) is 6.45. The Labute approximate surface area is 170 Å². The summed E-state index contributed by atoms with van der Waals surface area (Å²) < 4.78 is 16.2. The van der Waals surface area contributed by atoms with Gasteiger partial charge in [-0.1, -0.05) is 6.07 Å². The number of amides is 1. The summed E-state index contributed by atoms with van der Waals surface area (Å²) in [6, 6.07) is 3.80. The summed E-state index contributed by atoms with van der Waals surface area (Å²) in [5.74, 6) is -1.37. The van der Waals surface area contributed by atoms with Crippen LogP contribution in [0.25, 0.3) is 0 Å². The molecule has 1 amide bonds. The smallest absolute Gasteiger partial charge is 0.411 e. The topological polar surface area (TPSA) is 102 Å². The zero-order valence-corrected chi connectivity index (χ0v) is 17.8. The van der Waals surface area contributed by atoms with Gasteiger partial charge in [0, 0.05) is 6.54 Å². The molecule has 1 aromatic rings. The number of nitrogens with zero attached hydrogens (tertiary/aromatic N) is 1. The van der Waals surface area contributed by atoms with Crippen molar-refractivity contribution in [2.24, 2.45) is 0 Å². The highest BCUT2D eigenvalue weighted by atomic mass is 16.6. The van der Waals surface area contributed by atoms with E-state index in [-0.39, 0.29) is 13.2 Å². The Hall–Kier alpha value is -2.77. The number of carboxylic acid groups (broad SMARTS) is 1. The van der Waals surface area contributed by atoms with Gasteiger partial charge in [-0.15, -0.1) is 0 Å². The van der Waals surface area contributed by atoms with Gasteiger partial charge >= 0.3 is 18.0 Å². The highest BCUT2D eigenvalue weighted by molar-refractivity contribution is 5.83. The van der Waals surface area contributed by atoms with E-state index in [1.807, 2.05) is 0 Å². The summed E-state index contributed by atoms with van der Waals surface area (Å²) in [5.41, 5.74) is -0.748. The summed E-state index contributed by atoms with van der Waals surface area (Å²) >= 11 is 0. The van der Waals surface area contributed by atoms with Gasteiger partial charge in [0.05, 0.1) is 6.61 Å². The third kappa shape index (κ3) is 5.40. The molecule has 0 saturated heterocycles. The lowest BCUT2D eigenvalue weighted by Crippen LogP contribution is -2.46. The van der Waals surface area contributed by atoms with Gasteiger partial charge in [0.25, 0.3) is 0 Å². The van der Waals surface area contributed by atoms with Crippen molar-refractivity contribution in [2.75, 3.05) is 13.2 Å². The Morgan fingerprint density at radius 1 is 1.17 bits per heavy atom. The summed E-state index contributed by atoms with van der Waals surface area (Å²) in [4.78, 5) is 37.9. The maximum absolute atomic E-state index is 12.6. The number of hydrogen-bond donors (Lipinski definition) is 1. The molecule has 160 valence electrons. The molecule has 1 unspecified atom stereocenters. The van der Waals surface area contributed by atoms with Gasteiger partial charge in [0.2, 0.25) is 0 Å². The van der Waals surface area contributed by atoms with E-state index in [0.717, 1.165) is 5.56 Å². The third-order valence-electron chi connectivity index (χ3n) is 4.35. The fourth-order valence-electron chi connectivity index (χ4n) is 3.08. The van der Waals surface area contributed by atoms with E-state index in [4.69, 9.17) is 14.2 Å². The van der Waals surface area contributed by atoms with Crippen LogP contribution in [0.4, 0.5) is 4.79 Å². The van der Waals surface area contributed by atoms with Crippen LogP contribution < -0.4 is 4.74 Å². The highest BCUT2D eigenvalue weighted by Crippen LogP contribution is 2.34. The van der Waals surface area contributed by atoms with Crippen LogP contribution in [-0.4, -0.2) is 52.4 Å². The quantitative estimate of drug-likeness (QED) is 0.747. The molecule has 1 N–H and O–H groups in total. The molecule has 1 aromatic carbocycles. The highest BCUT2D eigenvalue weighted by Gasteiger charge is 2.39. The second-order valence-electron chi connectivity index (χ2n) is 8.36. The van der Waals surface area contributed by atoms with Crippen molar-refractivity contribution < 1.29 is 33.7 Å². The first-order valence-electron chi connectivity index (χ1n) is 9.57. The van der Waals surface area contributed by atoms with Gasteiger partial charge in [0.1, 0.15) is 11.4 Å². The zero-order valence-electron chi connectivity index (χ0n) is 17.8. The molecule has 0 saturated carbocycles. The first-order valence-corrected chi connectivity index (χ1v) is 9.57. The summed E-state index contributed by atoms with van der Waals surface area (Å²) in [5, 5.41) is 9.82. The Balaban J connectivity index is 2.35. The molecule has 1 aliphatic heterocycles. The van der Waals surface area contributed by atoms with Crippen LogP contribution in [0, 0.1) is 0 Å². The predicted molar refractivity (Wildman–Crippen MR) is 105 cm³/mol. The molecule has 0 aliphatic carbocycles. The summed E-state index contributed by atoms with van der Waals surface area (Å²) in [6.45, 7) is 10.5. The number of esters is 1. The SMILES string of the molecule is CCOC(=O)C(C)(C)Oc1ccc2c(c1)C(C(=O)O)N(C(=O)OC(C)(C)C)CC2. The van der Waals surface area contributed by atoms with E-state index >= 15 is 0 Å². The van der Waals surface area contributed by atoms with Gasteiger partial charge in [0.15, 0.2) is 11.6 Å². The molecule has 0 fully saturated rings. The Bertz CT molecular complexity index is 795. The molecule has 1 atom stereocenters. The average molecular weight is 407 g/mol. The maximum Gasteiger partial charge on any atom is 0.411 e. The van der Waals surface area contributed by atoms with Crippen LogP contribution in [0.5, 0.6) is 5.75 Å². The van der Waals surface area contributed by atoms with E-state index in [1.54, 1.807) is 59.7 Å². The van der Waals surface area contributed by atoms with Gasteiger partial charge in [-0.05, 0) is 71.2 Å². The first-order chi connectivity index (χ1) is 13.4. The van der Waals surface area contributed by atoms with Crippen LogP contribution in [0.2, 0.25) is 0 Å². The molecule has 29 heavy (non-hydrogen) atoms. The van der Waals surface area contributed by atoms with E-state index in [9.17, 15) is 19.5 Å². The van der Waals surface area contributed by atoms with Crippen molar-refractivity contribution in [3.8, 4) is 5.75 Å². The number of hydrogen-bond acceptors (Lipinski definition) is 6. The minimum atomic E-state index is -1.25. The monoisotopic (exact) mass is 407 g/mol. The minimum Gasteiger partial charge on any atom is -0.479 e. The van der Waals surface area contributed by atoms with Gasteiger partial charge < -0.3 is 19.3 Å². The molecule has 8 heteroatoms. The van der Waals surface area contributed by atoms with E-state index in [2.05, 4.69) is 0 Å². The zero-order chi connectivity index (χ0) is 22.0. The lowest BCUT2D eigenvalue weighted by molar-refractivity contribution is -0.158. The molecular formula is C21H29NO7. The largest absolute Gasteiger partial charge is 0.479 e. The lowest BCUT2D eigenvalue weighted by atomic mass is 9.92. The van der Waals surface area contributed by atoms with Crippen molar-refractivity contribution in [2.45, 2.75) is 65.2 Å². The number of ether oxygens (including phenoxy) is 3. The van der Waals surface area contributed by atoms with Crippen LogP contribution >= 0.6 is 0 Å². The molecule has 0 aromatic heterocycles. The van der Waals surface area contributed by atoms with Crippen molar-refractivity contribution in [1.82, 2.24) is 4.90 Å². The number of benzene rings is 1. The normalized spacial score (nSPS) is 16.6. The molecule has 8 nitrogen and oxygen atoms in total. The molecule has 1 aliphatic rings. The fourth-order valence-corrected chi connectivity index (χ4v) is 3.08. The van der Waals surface area contributed by atoms with Crippen LogP contribution in [-0.2, 0) is 25.5 Å². The fraction of sp³-hybridized carbons (Fsp3) is 0.571. The van der Waals surface area contributed by atoms with Crippen molar-refractivity contribution >= 4 is 18.0 Å². The Morgan fingerprint density at radius 2 is 1.83 bits per heavy atom. The molecule has 0 radical (unpaired) electrons. The van der Waals surface area contributed by atoms with Crippen LogP contribution in [0.15, 0.2) is 18.2 Å². The van der Waals surface area contributed by atoms with Crippen LogP contribution in [0.3, 0.4) is 0 Å². The molecule has 0 bridgehead atoms. The van der Waals surface area contributed by atoms with E-state index in [1.165, 1.54) is 4.90 Å². The second-order valence-corrected chi connectivity index (χ2v) is 8.36. The number of fused-ring (bicyclic) bond motifs is 1. The molecular weight excluding hydrogens is 378 g/mol. The van der Waals surface area contributed by atoms with E-state index < -0.39 is 35.3 Å². The van der Waals surface area contributed by atoms with E-state index in [0.29, 0.717) is 17.7 Å². The maximum atomic E-state index is 12.6. The number of carboxylic acids is 1. The number of rotatable bonds is 5. The van der Waals surface area contributed by atoms with Gasteiger partial charge in [-0.25, -0.2) is 14.4 Å². The molecule has 0 spiro atoms. The number of carbonyl (C=O) groups is 3. The average Bonchev–Trinajstić information content (AvgIpc) is 2.58. The van der Waals surface area contributed by atoms with Crippen molar-refractivity contribution in [3.63, 3.8) is 0 Å². The summed E-state index contributed by atoms with van der Waals surface area (Å²) in [6.07, 6.45) is -0.200.